The van der Waals surface area contributed by atoms with Gasteiger partial charge in [-0.25, -0.2) is 0 Å². The van der Waals surface area contributed by atoms with Crippen LogP contribution in [0.3, 0.4) is 0 Å². The van der Waals surface area contributed by atoms with Crippen LogP contribution in [0.4, 0.5) is 0 Å². The SMILES string of the molecule is OCCn1c(=S)[nH]c2ccccc2c1=S. The smallest absolute Gasteiger partial charge is 0.178 e. The fourth-order valence-electron chi connectivity index (χ4n) is 1.50. The highest BCUT2D eigenvalue weighted by Gasteiger charge is 2.00. The second-order valence-electron chi connectivity index (χ2n) is 3.16. The molecule has 1 aromatic heterocycles. The Labute approximate surface area is 97.0 Å². The van der Waals surface area contributed by atoms with Crippen molar-refractivity contribution in [3.8, 4) is 0 Å². The number of para-hydroxylation sites is 1. The van der Waals surface area contributed by atoms with Gasteiger partial charge in [0.1, 0.15) is 4.64 Å². The summed E-state index contributed by atoms with van der Waals surface area (Å²) < 4.78 is 2.95. The van der Waals surface area contributed by atoms with Crippen LogP contribution in [0.5, 0.6) is 0 Å². The molecule has 0 fully saturated rings. The number of rotatable bonds is 2. The summed E-state index contributed by atoms with van der Waals surface area (Å²) in [6.07, 6.45) is 0. The van der Waals surface area contributed by atoms with Crippen LogP contribution in [0.15, 0.2) is 24.3 Å². The first-order chi connectivity index (χ1) is 7.24. The fourth-order valence-corrected chi connectivity index (χ4v) is 2.21. The Hall–Kier alpha value is -1.04. The number of hydrogen-bond donors (Lipinski definition) is 2. The van der Waals surface area contributed by atoms with Gasteiger partial charge < -0.3 is 14.7 Å². The molecule has 0 aliphatic carbocycles. The number of benzene rings is 1. The molecular formula is C10H10N2OS2. The predicted molar refractivity (Wildman–Crippen MR) is 65.0 cm³/mol. The van der Waals surface area contributed by atoms with Crippen LogP contribution in [0.2, 0.25) is 0 Å². The minimum Gasteiger partial charge on any atom is -0.395 e. The van der Waals surface area contributed by atoms with Gasteiger partial charge in [0.25, 0.3) is 0 Å². The van der Waals surface area contributed by atoms with E-state index in [-0.39, 0.29) is 6.61 Å². The molecule has 0 aliphatic heterocycles. The van der Waals surface area contributed by atoms with Crippen LogP contribution < -0.4 is 0 Å². The zero-order valence-corrected chi connectivity index (χ0v) is 9.57. The van der Waals surface area contributed by atoms with E-state index < -0.39 is 0 Å². The Morgan fingerprint density at radius 2 is 2.00 bits per heavy atom. The summed E-state index contributed by atoms with van der Waals surface area (Å²) in [5.41, 5.74) is 0.932. The zero-order chi connectivity index (χ0) is 10.8. The highest BCUT2D eigenvalue weighted by Crippen LogP contribution is 2.13. The zero-order valence-electron chi connectivity index (χ0n) is 7.93. The molecule has 2 N–H and O–H groups in total. The van der Waals surface area contributed by atoms with Crippen LogP contribution in [0.1, 0.15) is 0 Å². The van der Waals surface area contributed by atoms with E-state index in [0.29, 0.717) is 16.0 Å². The molecule has 0 unspecified atom stereocenters. The van der Waals surface area contributed by atoms with E-state index in [9.17, 15) is 0 Å². The molecule has 1 aromatic carbocycles. The first-order valence-corrected chi connectivity index (χ1v) is 5.38. The maximum absolute atomic E-state index is 8.91. The Morgan fingerprint density at radius 3 is 2.73 bits per heavy atom. The summed E-state index contributed by atoms with van der Waals surface area (Å²) in [5.74, 6) is 0. The number of aromatic amines is 1. The number of aliphatic hydroxyl groups is 1. The monoisotopic (exact) mass is 238 g/mol. The first-order valence-electron chi connectivity index (χ1n) is 4.57. The van der Waals surface area contributed by atoms with E-state index >= 15 is 0 Å². The van der Waals surface area contributed by atoms with E-state index in [1.165, 1.54) is 0 Å². The van der Waals surface area contributed by atoms with E-state index in [0.717, 1.165) is 10.9 Å². The van der Waals surface area contributed by atoms with Gasteiger partial charge >= 0.3 is 0 Å². The summed E-state index contributed by atoms with van der Waals surface area (Å²) in [7, 11) is 0. The molecule has 0 saturated carbocycles. The van der Waals surface area contributed by atoms with Crippen LogP contribution >= 0.6 is 24.4 Å². The van der Waals surface area contributed by atoms with Gasteiger partial charge in [-0.15, -0.1) is 0 Å². The molecule has 0 amide bonds. The van der Waals surface area contributed by atoms with Gasteiger partial charge in [0, 0.05) is 11.9 Å². The van der Waals surface area contributed by atoms with Crippen LogP contribution in [0, 0.1) is 9.41 Å². The van der Waals surface area contributed by atoms with E-state index in [2.05, 4.69) is 4.98 Å². The molecule has 0 saturated heterocycles. The van der Waals surface area contributed by atoms with Crippen molar-refractivity contribution in [1.29, 1.82) is 0 Å². The molecule has 5 heteroatoms. The normalized spacial score (nSPS) is 10.7. The van der Waals surface area contributed by atoms with Crippen LogP contribution in [-0.2, 0) is 6.54 Å². The molecule has 3 nitrogen and oxygen atoms in total. The summed E-state index contributed by atoms with van der Waals surface area (Å²) in [4.78, 5) is 3.08. The quantitative estimate of drug-likeness (QED) is 0.789. The third-order valence-electron chi connectivity index (χ3n) is 2.21. The largest absolute Gasteiger partial charge is 0.395 e. The number of nitrogens with one attached hydrogen (secondary N) is 1. The highest BCUT2D eigenvalue weighted by molar-refractivity contribution is 7.72. The van der Waals surface area contributed by atoms with E-state index in [1.54, 1.807) is 4.57 Å². The highest BCUT2D eigenvalue weighted by atomic mass is 32.1. The minimum atomic E-state index is 0.0319. The third-order valence-corrected chi connectivity index (χ3v) is 2.98. The molecular weight excluding hydrogens is 228 g/mol. The Morgan fingerprint density at radius 1 is 1.27 bits per heavy atom. The van der Waals surface area contributed by atoms with Gasteiger partial charge in [0.15, 0.2) is 4.77 Å². The topological polar surface area (TPSA) is 41.0 Å². The van der Waals surface area contributed by atoms with Crippen LogP contribution in [0.25, 0.3) is 10.9 Å². The molecule has 0 spiro atoms. The molecule has 0 bridgehead atoms. The molecule has 0 radical (unpaired) electrons. The lowest BCUT2D eigenvalue weighted by Gasteiger charge is -2.07. The summed E-state index contributed by atoms with van der Waals surface area (Å²) >= 11 is 10.5. The number of aliphatic hydroxyl groups excluding tert-OH is 1. The number of nitrogens with zero attached hydrogens (tertiary/aromatic N) is 1. The molecule has 1 heterocycles. The maximum Gasteiger partial charge on any atom is 0.178 e. The van der Waals surface area contributed by atoms with Gasteiger partial charge in [0.2, 0.25) is 0 Å². The van der Waals surface area contributed by atoms with Crippen molar-refractivity contribution in [3.05, 3.63) is 33.7 Å². The van der Waals surface area contributed by atoms with Crippen molar-refractivity contribution in [2.45, 2.75) is 6.54 Å². The minimum absolute atomic E-state index is 0.0319. The van der Waals surface area contributed by atoms with Gasteiger partial charge in [0.05, 0.1) is 12.1 Å². The van der Waals surface area contributed by atoms with Gasteiger partial charge in [-0.3, -0.25) is 0 Å². The second kappa shape index (κ2) is 4.22. The number of hydrogen-bond acceptors (Lipinski definition) is 3. The molecule has 0 aliphatic rings. The summed E-state index contributed by atoms with van der Waals surface area (Å²) in [6, 6.07) is 7.73. The third kappa shape index (κ3) is 1.86. The van der Waals surface area contributed by atoms with Crippen molar-refractivity contribution < 1.29 is 5.11 Å². The molecule has 2 rings (SSSR count). The van der Waals surface area contributed by atoms with Crippen molar-refractivity contribution >= 4 is 35.3 Å². The Balaban J connectivity index is 2.85. The predicted octanol–water partition coefficient (Wildman–Crippen LogP) is 2.42. The van der Waals surface area contributed by atoms with Crippen LogP contribution in [-0.4, -0.2) is 21.3 Å². The number of H-pyrrole nitrogens is 1. The van der Waals surface area contributed by atoms with E-state index in [1.807, 2.05) is 24.3 Å². The lowest BCUT2D eigenvalue weighted by Crippen LogP contribution is -2.07. The Kier molecular flexibility index (Phi) is 2.95. The van der Waals surface area contributed by atoms with Crippen molar-refractivity contribution in [2.24, 2.45) is 0 Å². The Bertz CT molecular complexity index is 600. The van der Waals surface area contributed by atoms with Crippen molar-refractivity contribution in [3.63, 3.8) is 0 Å². The van der Waals surface area contributed by atoms with Crippen molar-refractivity contribution in [2.75, 3.05) is 6.61 Å². The molecule has 2 aromatic rings. The molecule has 78 valence electrons. The standard InChI is InChI=1S/C10H10N2OS2/c13-6-5-12-9(14)7-3-1-2-4-8(7)11-10(12)15/h1-4,13H,5-6H2,(H,11,15). The summed E-state index contributed by atoms with van der Waals surface area (Å²) in [6.45, 7) is 0.461. The van der Waals surface area contributed by atoms with Crippen molar-refractivity contribution in [1.82, 2.24) is 9.55 Å². The summed E-state index contributed by atoms with van der Waals surface area (Å²) in [5, 5.41) is 9.87. The molecule has 0 atom stereocenters. The maximum atomic E-state index is 8.91. The fraction of sp³-hybridized carbons (Fsp3) is 0.200. The first kappa shape index (κ1) is 10.5. The second-order valence-corrected chi connectivity index (χ2v) is 3.93. The lowest BCUT2D eigenvalue weighted by atomic mass is 10.2. The molecule has 15 heavy (non-hydrogen) atoms. The average molecular weight is 238 g/mol. The number of aromatic nitrogens is 2. The van der Waals surface area contributed by atoms with E-state index in [4.69, 9.17) is 29.5 Å². The van der Waals surface area contributed by atoms with Gasteiger partial charge in [-0.05, 0) is 24.4 Å². The van der Waals surface area contributed by atoms with Gasteiger partial charge in [-0.1, -0.05) is 24.4 Å². The lowest BCUT2D eigenvalue weighted by molar-refractivity contribution is 0.274. The average Bonchev–Trinajstić information content (AvgIpc) is 2.24. The number of fused-ring (bicyclic) bond motifs is 1. The van der Waals surface area contributed by atoms with Gasteiger partial charge in [-0.2, -0.15) is 0 Å².